The van der Waals surface area contributed by atoms with Crippen LogP contribution in [0.25, 0.3) is 0 Å². The lowest BCUT2D eigenvalue weighted by Crippen LogP contribution is -2.07. The van der Waals surface area contributed by atoms with Crippen molar-refractivity contribution in [1.82, 2.24) is 0 Å². The Morgan fingerprint density at radius 3 is 2.93 bits per heavy atom. The number of hydrogen-bond donors (Lipinski definition) is 1. The number of methoxy groups -OCH3 is 1. The van der Waals surface area contributed by atoms with Gasteiger partial charge in [0.1, 0.15) is 6.07 Å². The van der Waals surface area contributed by atoms with E-state index in [4.69, 9.17) is 21.6 Å². The van der Waals surface area contributed by atoms with Crippen LogP contribution in [0.15, 0.2) is 18.2 Å². The van der Waals surface area contributed by atoms with Crippen LogP contribution in [-0.4, -0.2) is 20.3 Å². The summed E-state index contributed by atoms with van der Waals surface area (Å²) in [6.07, 6.45) is 0. The molecule has 1 N–H and O–H groups in total. The van der Waals surface area contributed by atoms with Gasteiger partial charge in [0.25, 0.3) is 0 Å². The third-order valence-corrected chi connectivity index (χ3v) is 2.04. The number of rotatable bonds is 4. The van der Waals surface area contributed by atoms with Gasteiger partial charge in [-0.2, -0.15) is 5.26 Å². The van der Waals surface area contributed by atoms with Crippen molar-refractivity contribution in [3.63, 3.8) is 0 Å². The highest BCUT2D eigenvalue weighted by atomic mass is 35.5. The van der Waals surface area contributed by atoms with Crippen molar-refractivity contribution in [3.05, 3.63) is 28.8 Å². The van der Waals surface area contributed by atoms with Gasteiger partial charge in [-0.1, -0.05) is 11.6 Å². The van der Waals surface area contributed by atoms with Crippen LogP contribution >= 0.6 is 11.6 Å². The van der Waals surface area contributed by atoms with E-state index in [1.807, 2.05) is 12.1 Å². The summed E-state index contributed by atoms with van der Waals surface area (Å²) < 4.78 is 4.89. The summed E-state index contributed by atoms with van der Waals surface area (Å²) in [5, 5.41) is 12.2. The average Bonchev–Trinajstić information content (AvgIpc) is 2.18. The van der Waals surface area contributed by atoms with Crippen LogP contribution in [0.3, 0.4) is 0 Å². The molecule has 0 amide bonds. The van der Waals surface area contributed by atoms with E-state index in [2.05, 4.69) is 5.32 Å². The Kier molecular flexibility index (Phi) is 4.24. The van der Waals surface area contributed by atoms with Crippen molar-refractivity contribution in [2.24, 2.45) is 0 Å². The molecule has 0 aromatic heterocycles. The van der Waals surface area contributed by atoms with Gasteiger partial charge in [0.2, 0.25) is 0 Å². The number of nitriles is 1. The van der Waals surface area contributed by atoms with E-state index in [9.17, 15) is 0 Å². The summed E-state index contributed by atoms with van der Waals surface area (Å²) in [5.41, 5.74) is 1.38. The molecule has 1 aromatic rings. The summed E-state index contributed by atoms with van der Waals surface area (Å²) >= 11 is 5.85. The molecule has 0 radical (unpaired) electrons. The van der Waals surface area contributed by atoms with E-state index >= 15 is 0 Å². The molecule has 14 heavy (non-hydrogen) atoms. The maximum absolute atomic E-state index is 8.65. The van der Waals surface area contributed by atoms with E-state index in [0.29, 0.717) is 17.2 Å². The van der Waals surface area contributed by atoms with E-state index in [-0.39, 0.29) is 0 Å². The molecule has 0 bridgehead atoms. The lowest BCUT2D eigenvalue weighted by Gasteiger charge is -2.06. The highest BCUT2D eigenvalue weighted by Crippen LogP contribution is 2.19. The molecule has 1 aromatic carbocycles. The Balaban J connectivity index is 2.63. The standard InChI is InChI=1S/C10H11ClN2O/c1-14-5-4-13-9-3-2-8(7-12)10(11)6-9/h2-3,6,13H,4-5H2,1H3. The minimum Gasteiger partial charge on any atom is -0.383 e. The van der Waals surface area contributed by atoms with Crippen LogP contribution < -0.4 is 5.32 Å². The third kappa shape index (κ3) is 2.91. The van der Waals surface area contributed by atoms with Gasteiger partial charge >= 0.3 is 0 Å². The molecular weight excluding hydrogens is 200 g/mol. The first kappa shape index (κ1) is 10.8. The Morgan fingerprint density at radius 1 is 1.57 bits per heavy atom. The molecule has 0 spiro atoms. The zero-order chi connectivity index (χ0) is 10.4. The van der Waals surface area contributed by atoms with Crippen LogP contribution in [0.1, 0.15) is 5.56 Å². The highest BCUT2D eigenvalue weighted by Gasteiger charge is 1.99. The third-order valence-electron chi connectivity index (χ3n) is 1.72. The average molecular weight is 211 g/mol. The number of hydrogen-bond acceptors (Lipinski definition) is 3. The Labute approximate surface area is 88.3 Å². The van der Waals surface area contributed by atoms with Crippen LogP contribution in [0.5, 0.6) is 0 Å². The van der Waals surface area contributed by atoms with E-state index < -0.39 is 0 Å². The lowest BCUT2D eigenvalue weighted by atomic mass is 10.2. The minimum absolute atomic E-state index is 0.468. The van der Waals surface area contributed by atoms with Gasteiger partial charge in [0, 0.05) is 19.3 Å². The number of benzene rings is 1. The zero-order valence-corrected chi connectivity index (χ0v) is 8.64. The van der Waals surface area contributed by atoms with Gasteiger partial charge in [-0.3, -0.25) is 0 Å². The van der Waals surface area contributed by atoms with Crippen LogP contribution in [-0.2, 0) is 4.74 Å². The maximum atomic E-state index is 8.65. The molecule has 0 aliphatic carbocycles. The van der Waals surface area contributed by atoms with Crippen LogP contribution in [0.2, 0.25) is 5.02 Å². The van der Waals surface area contributed by atoms with Crippen molar-refractivity contribution in [2.75, 3.05) is 25.6 Å². The van der Waals surface area contributed by atoms with Crippen LogP contribution in [0, 0.1) is 11.3 Å². The van der Waals surface area contributed by atoms with E-state index in [0.717, 1.165) is 12.2 Å². The maximum Gasteiger partial charge on any atom is 0.101 e. The fraction of sp³-hybridized carbons (Fsp3) is 0.300. The Morgan fingerprint density at radius 2 is 2.36 bits per heavy atom. The molecule has 1 rings (SSSR count). The molecule has 3 nitrogen and oxygen atoms in total. The number of ether oxygens (including phenoxy) is 1. The molecule has 0 fully saturated rings. The van der Waals surface area contributed by atoms with Gasteiger partial charge in [-0.15, -0.1) is 0 Å². The molecule has 0 saturated heterocycles. The molecule has 0 saturated carbocycles. The first-order valence-electron chi connectivity index (χ1n) is 4.20. The second-order valence-electron chi connectivity index (χ2n) is 2.73. The van der Waals surface area contributed by atoms with Gasteiger partial charge in [0.05, 0.1) is 17.2 Å². The number of halogens is 1. The summed E-state index contributed by atoms with van der Waals surface area (Å²) in [4.78, 5) is 0. The minimum atomic E-state index is 0.468. The molecule has 4 heteroatoms. The predicted molar refractivity (Wildman–Crippen MR) is 56.5 cm³/mol. The van der Waals surface area contributed by atoms with Gasteiger partial charge in [0.15, 0.2) is 0 Å². The quantitative estimate of drug-likeness (QED) is 0.776. The number of nitrogens with one attached hydrogen (secondary N) is 1. The number of anilines is 1. The topological polar surface area (TPSA) is 45.0 Å². The van der Waals surface area contributed by atoms with Crippen molar-refractivity contribution >= 4 is 17.3 Å². The summed E-state index contributed by atoms with van der Waals surface area (Å²) in [7, 11) is 1.65. The summed E-state index contributed by atoms with van der Waals surface area (Å²) in [6, 6.07) is 7.25. The Hall–Kier alpha value is -1.24. The smallest absolute Gasteiger partial charge is 0.101 e. The number of nitrogens with zero attached hydrogens (tertiary/aromatic N) is 1. The highest BCUT2D eigenvalue weighted by molar-refractivity contribution is 6.32. The zero-order valence-electron chi connectivity index (χ0n) is 7.88. The van der Waals surface area contributed by atoms with Gasteiger partial charge < -0.3 is 10.1 Å². The second kappa shape index (κ2) is 5.48. The van der Waals surface area contributed by atoms with Gasteiger partial charge in [-0.25, -0.2) is 0 Å². The van der Waals surface area contributed by atoms with Crippen molar-refractivity contribution in [3.8, 4) is 6.07 Å². The SMILES string of the molecule is COCCNc1ccc(C#N)c(Cl)c1. The fourth-order valence-corrected chi connectivity index (χ4v) is 1.24. The fourth-order valence-electron chi connectivity index (χ4n) is 1.01. The second-order valence-corrected chi connectivity index (χ2v) is 3.13. The molecular formula is C10H11ClN2O. The van der Waals surface area contributed by atoms with E-state index in [1.165, 1.54) is 0 Å². The van der Waals surface area contributed by atoms with Crippen molar-refractivity contribution in [1.29, 1.82) is 5.26 Å². The predicted octanol–water partition coefficient (Wildman–Crippen LogP) is 2.27. The monoisotopic (exact) mass is 210 g/mol. The first-order chi connectivity index (χ1) is 6.77. The molecule has 0 atom stereocenters. The summed E-state index contributed by atoms with van der Waals surface area (Å²) in [6.45, 7) is 1.36. The molecule has 0 heterocycles. The first-order valence-corrected chi connectivity index (χ1v) is 4.58. The van der Waals surface area contributed by atoms with E-state index in [1.54, 1.807) is 19.2 Å². The molecule has 0 aliphatic rings. The summed E-state index contributed by atoms with van der Waals surface area (Å²) in [5.74, 6) is 0. The molecule has 0 unspecified atom stereocenters. The Bertz CT molecular complexity index is 346. The molecule has 74 valence electrons. The molecule has 0 aliphatic heterocycles. The lowest BCUT2D eigenvalue weighted by molar-refractivity contribution is 0.211. The van der Waals surface area contributed by atoms with Crippen molar-refractivity contribution in [2.45, 2.75) is 0 Å². The van der Waals surface area contributed by atoms with Crippen molar-refractivity contribution < 1.29 is 4.74 Å². The van der Waals surface area contributed by atoms with Crippen LogP contribution in [0.4, 0.5) is 5.69 Å². The normalized spacial score (nSPS) is 9.50. The largest absolute Gasteiger partial charge is 0.383 e. The van der Waals surface area contributed by atoms with Gasteiger partial charge in [-0.05, 0) is 18.2 Å².